The molecular weight excluding hydrogens is 276 g/mol. The van der Waals surface area contributed by atoms with E-state index >= 15 is 0 Å². The summed E-state index contributed by atoms with van der Waals surface area (Å²) in [6.07, 6.45) is 1.12. The van der Waals surface area contributed by atoms with Crippen molar-refractivity contribution in [2.24, 2.45) is 5.73 Å². The van der Waals surface area contributed by atoms with E-state index in [1.165, 1.54) is 0 Å². The Kier molecular flexibility index (Phi) is 4.68. The lowest BCUT2D eigenvalue weighted by molar-refractivity contribution is -0.141. The smallest absolute Gasteiger partial charge is 0.243 e. The van der Waals surface area contributed by atoms with Crippen molar-refractivity contribution in [3.63, 3.8) is 0 Å². The molecule has 5 heteroatoms. The molecule has 1 saturated heterocycles. The molecule has 1 unspecified atom stereocenters. The van der Waals surface area contributed by atoms with E-state index in [2.05, 4.69) is 0 Å². The fourth-order valence-electron chi connectivity index (χ4n) is 2.50. The van der Waals surface area contributed by atoms with Gasteiger partial charge < -0.3 is 15.4 Å². The Balaban J connectivity index is 2.16. The average molecular weight is 297 g/mol. The maximum atomic E-state index is 12.6. The van der Waals surface area contributed by atoms with Gasteiger partial charge in [-0.2, -0.15) is 0 Å². The van der Waals surface area contributed by atoms with Crippen LogP contribution >= 0.6 is 11.6 Å². The molecule has 1 amide bonds. The van der Waals surface area contributed by atoms with Crippen molar-refractivity contribution in [1.29, 1.82) is 0 Å². The lowest BCUT2D eigenvalue weighted by atomic mass is 9.89. The van der Waals surface area contributed by atoms with Crippen molar-refractivity contribution in [3.05, 3.63) is 34.9 Å². The Morgan fingerprint density at radius 3 is 2.60 bits per heavy atom. The van der Waals surface area contributed by atoms with Gasteiger partial charge in [-0.15, -0.1) is 0 Å². The lowest BCUT2D eigenvalue weighted by Gasteiger charge is -2.37. The van der Waals surface area contributed by atoms with Crippen LogP contribution in [-0.2, 0) is 9.53 Å². The quantitative estimate of drug-likeness (QED) is 0.931. The summed E-state index contributed by atoms with van der Waals surface area (Å²) >= 11 is 6.20. The Labute approximate surface area is 124 Å². The first-order valence-electron chi connectivity index (χ1n) is 6.84. The zero-order valence-corrected chi connectivity index (χ0v) is 12.7. The monoisotopic (exact) mass is 296 g/mol. The third kappa shape index (κ3) is 2.97. The molecule has 0 aromatic heterocycles. The molecule has 4 nitrogen and oxygen atoms in total. The molecule has 1 aromatic rings. The Morgan fingerprint density at radius 1 is 1.40 bits per heavy atom. The molecule has 0 aliphatic carbocycles. The molecule has 1 aliphatic heterocycles. The number of hydrogen-bond acceptors (Lipinski definition) is 3. The van der Waals surface area contributed by atoms with Gasteiger partial charge in [-0.3, -0.25) is 4.79 Å². The fourth-order valence-corrected chi connectivity index (χ4v) is 2.79. The number of nitrogens with zero attached hydrogens (tertiary/aromatic N) is 1. The van der Waals surface area contributed by atoms with Crippen molar-refractivity contribution in [1.82, 2.24) is 4.90 Å². The van der Waals surface area contributed by atoms with E-state index in [0.717, 1.165) is 5.56 Å². The molecule has 110 valence electrons. The highest BCUT2D eigenvalue weighted by Gasteiger charge is 2.39. The standard InChI is InChI=1S/C15H21ClN2O2/c1-11(12-5-3-4-6-13(12)16)18(2)14(19)15(17)7-9-20-10-8-15/h3-6,11H,7-10,17H2,1-2H3. The maximum absolute atomic E-state index is 12.6. The van der Waals surface area contributed by atoms with E-state index in [9.17, 15) is 4.79 Å². The summed E-state index contributed by atoms with van der Waals surface area (Å²) in [6.45, 7) is 3.04. The second-order valence-corrected chi connectivity index (χ2v) is 5.79. The third-order valence-electron chi connectivity index (χ3n) is 4.07. The molecule has 0 bridgehead atoms. The lowest BCUT2D eigenvalue weighted by Crippen LogP contribution is -2.57. The highest BCUT2D eigenvalue weighted by Crippen LogP contribution is 2.29. The first kappa shape index (κ1) is 15.3. The SMILES string of the molecule is CC(c1ccccc1Cl)N(C)C(=O)C1(N)CCOCC1. The number of hydrogen-bond donors (Lipinski definition) is 1. The number of amides is 1. The molecule has 1 aliphatic rings. The molecule has 20 heavy (non-hydrogen) atoms. The summed E-state index contributed by atoms with van der Waals surface area (Å²) in [4.78, 5) is 14.3. The van der Waals surface area contributed by atoms with Crippen LogP contribution in [0.25, 0.3) is 0 Å². The predicted molar refractivity (Wildman–Crippen MR) is 79.6 cm³/mol. The molecule has 0 saturated carbocycles. The number of benzene rings is 1. The summed E-state index contributed by atoms with van der Waals surface area (Å²) in [6, 6.07) is 7.45. The van der Waals surface area contributed by atoms with Crippen molar-refractivity contribution in [3.8, 4) is 0 Å². The summed E-state index contributed by atoms with van der Waals surface area (Å²) in [5.74, 6) is -0.0479. The molecule has 1 atom stereocenters. The fraction of sp³-hybridized carbons (Fsp3) is 0.533. The van der Waals surface area contributed by atoms with Gasteiger partial charge in [0.2, 0.25) is 5.91 Å². The number of likely N-dealkylation sites (N-methyl/N-ethyl adjacent to an activating group) is 1. The highest BCUT2D eigenvalue weighted by atomic mass is 35.5. The van der Waals surface area contributed by atoms with Crippen LogP contribution in [0, 0.1) is 0 Å². The Bertz CT molecular complexity index is 487. The van der Waals surface area contributed by atoms with Crippen LogP contribution in [0.2, 0.25) is 5.02 Å². The molecule has 2 N–H and O–H groups in total. The van der Waals surface area contributed by atoms with E-state index in [1.54, 1.807) is 11.9 Å². The van der Waals surface area contributed by atoms with Crippen molar-refractivity contribution < 1.29 is 9.53 Å². The topological polar surface area (TPSA) is 55.6 Å². The molecule has 1 fully saturated rings. The van der Waals surface area contributed by atoms with Crippen LogP contribution in [0.4, 0.5) is 0 Å². The van der Waals surface area contributed by atoms with Crippen LogP contribution in [0.1, 0.15) is 31.4 Å². The van der Waals surface area contributed by atoms with Gasteiger partial charge in [-0.25, -0.2) is 0 Å². The van der Waals surface area contributed by atoms with Gasteiger partial charge >= 0.3 is 0 Å². The Morgan fingerprint density at radius 2 is 2.00 bits per heavy atom. The molecule has 0 radical (unpaired) electrons. The summed E-state index contributed by atoms with van der Waals surface area (Å²) in [5, 5.41) is 0.665. The molecule has 1 aromatic carbocycles. The van der Waals surface area contributed by atoms with E-state index in [4.69, 9.17) is 22.1 Å². The largest absolute Gasteiger partial charge is 0.381 e. The Hall–Kier alpha value is -1.10. The van der Waals surface area contributed by atoms with Gasteiger partial charge in [0.15, 0.2) is 0 Å². The van der Waals surface area contributed by atoms with Gasteiger partial charge in [0, 0.05) is 25.3 Å². The molecular formula is C15H21ClN2O2. The number of halogens is 1. The minimum atomic E-state index is -0.817. The minimum Gasteiger partial charge on any atom is -0.381 e. The van der Waals surface area contributed by atoms with Gasteiger partial charge in [0.05, 0.1) is 11.6 Å². The van der Waals surface area contributed by atoms with Crippen molar-refractivity contribution in [2.75, 3.05) is 20.3 Å². The normalized spacial score (nSPS) is 19.4. The van der Waals surface area contributed by atoms with Crippen LogP contribution in [0.15, 0.2) is 24.3 Å². The van der Waals surface area contributed by atoms with E-state index in [0.29, 0.717) is 31.1 Å². The second-order valence-electron chi connectivity index (χ2n) is 5.38. The second kappa shape index (κ2) is 6.12. The first-order valence-corrected chi connectivity index (χ1v) is 7.22. The van der Waals surface area contributed by atoms with Gasteiger partial charge in [0.25, 0.3) is 0 Å². The number of carbonyl (C=O) groups excluding carboxylic acids is 1. The minimum absolute atomic E-state index is 0.0479. The van der Waals surface area contributed by atoms with Crippen molar-refractivity contribution in [2.45, 2.75) is 31.3 Å². The summed E-state index contributed by atoms with van der Waals surface area (Å²) < 4.78 is 5.29. The average Bonchev–Trinajstić information content (AvgIpc) is 2.46. The summed E-state index contributed by atoms with van der Waals surface area (Å²) in [5.41, 5.74) is 6.37. The zero-order chi connectivity index (χ0) is 14.8. The van der Waals surface area contributed by atoms with Crippen LogP contribution in [0.3, 0.4) is 0 Å². The van der Waals surface area contributed by atoms with Crippen LogP contribution in [0.5, 0.6) is 0 Å². The number of nitrogens with two attached hydrogens (primary N) is 1. The number of ether oxygens (including phenoxy) is 1. The number of carbonyl (C=O) groups is 1. The van der Waals surface area contributed by atoms with E-state index < -0.39 is 5.54 Å². The van der Waals surface area contributed by atoms with Gasteiger partial charge in [-0.1, -0.05) is 29.8 Å². The van der Waals surface area contributed by atoms with Crippen LogP contribution in [-0.4, -0.2) is 36.6 Å². The van der Waals surface area contributed by atoms with Crippen molar-refractivity contribution >= 4 is 17.5 Å². The van der Waals surface area contributed by atoms with Crippen LogP contribution < -0.4 is 5.73 Å². The molecule has 1 heterocycles. The zero-order valence-electron chi connectivity index (χ0n) is 11.9. The van der Waals surface area contributed by atoms with Gasteiger partial charge in [0.1, 0.15) is 0 Å². The highest BCUT2D eigenvalue weighted by molar-refractivity contribution is 6.31. The van der Waals surface area contributed by atoms with E-state index in [1.807, 2.05) is 31.2 Å². The van der Waals surface area contributed by atoms with E-state index in [-0.39, 0.29) is 11.9 Å². The number of rotatable bonds is 3. The predicted octanol–water partition coefficient (Wildman–Crippen LogP) is 2.37. The summed E-state index contributed by atoms with van der Waals surface area (Å²) in [7, 11) is 1.78. The first-order chi connectivity index (χ1) is 9.46. The molecule has 2 rings (SSSR count). The van der Waals surface area contributed by atoms with Gasteiger partial charge in [-0.05, 0) is 31.4 Å². The third-order valence-corrected chi connectivity index (χ3v) is 4.41. The molecule has 0 spiro atoms. The maximum Gasteiger partial charge on any atom is 0.243 e.